The summed E-state index contributed by atoms with van der Waals surface area (Å²) in [5.41, 5.74) is 3.23. The van der Waals surface area contributed by atoms with Gasteiger partial charge in [0.15, 0.2) is 10.8 Å². The van der Waals surface area contributed by atoms with Crippen molar-refractivity contribution in [3.63, 3.8) is 0 Å². The summed E-state index contributed by atoms with van der Waals surface area (Å²) in [5, 5.41) is 1.94. The Bertz CT molecular complexity index is 1220. The molecule has 0 saturated heterocycles. The van der Waals surface area contributed by atoms with Crippen molar-refractivity contribution in [3.05, 3.63) is 66.1 Å². The summed E-state index contributed by atoms with van der Waals surface area (Å²) in [6, 6.07) is 14.7. The van der Waals surface area contributed by atoms with Crippen molar-refractivity contribution < 1.29 is 8.78 Å². The fraction of sp³-hybridized carbons (Fsp3) is 0.467. The Kier molecular flexibility index (Phi) is 8.07. The molecule has 2 unspecified atom stereocenters. The molecular weight excluding hydrogens is 500 g/mol. The number of fused-ring (bicyclic) bond motifs is 1. The van der Waals surface area contributed by atoms with Gasteiger partial charge >= 0.3 is 0 Å². The number of nitrogens with one attached hydrogen (secondary N) is 1. The predicted molar refractivity (Wildman–Crippen MR) is 155 cm³/mol. The highest BCUT2D eigenvalue weighted by Gasteiger charge is 2.33. The van der Waals surface area contributed by atoms with Crippen LogP contribution in [0.5, 0.6) is 0 Å². The smallest absolute Gasteiger partial charge is 0.175 e. The molecule has 1 fully saturated rings. The van der Waals surface area contributed by atoms with Crippen LogP contribution < -0.4 is 15.1 Å². The van der Waals surface area contributed by atoms with Crippen LogP contribution in [-0.4, -0.2) is 36.3 Å². The van der Waals surface area contributed by atoms with Crippen LogP contribution in [0, 0.1) is 11.7 Å². The van der Waals surface area contributed by atoms with Gasteiger partial charge in [-0.05, 0) is 74.4 Å². The summed E-state index contributed by atoms with van der Waals surface area (Å²) in [6.45, 7) is 3.26. The van der Waals surface area contributed by atoms with E-state index in [1.807, 2.05) is 24.3 Å². The zero-order chi connectivity index (χ0) is 26.7. The van der Waals surface area contributed by atoms with E-state index in [2.05, 4.69) is 45.8 Å². The first-order valence-corrected chi connectivity index (χ1v) is 14.1. The molecule has 202 valence electrons. The first kappa shape index (κ1) is 26.7. The van der Waals surface area contributed by atoms with Crippen LogP contribution in [-0.2, 0) is 5.00 Å². The molecule has 8 heteroatoms. The molecule has 2 atom stereocenters. The number of anilines is 3. The number of aromatic nitrogens is 2. The number of alkyl halides is 1. The number of benzene rings is 1. The monoisotopic (exact) mass is 537 g/mol. The lowest BCUT2D eigenvalue weighted by Gasteiger charge is -2.42. The topological polar surface area (TPSA) is 44.3 Å². The van der Waals surface area contributed by atoms with Gasteiger partial charge in [-0.25, -0.2) is 18.7 Å². The van der Waals surface area contributed by atoms with Crippen molar-refractivity contribution in [2.75, 3.05) is 35.3 Å². The molecular formula is C30H37F2N5S. The van der Waals surface area contributed by atoms with Gasteiger partial charge in [-0.3, -0.25) is 0 Å². The van der Waals surface area contributed by atoms with Gasteiger partial charge in [0.25, 0.3) is 0 Å². The third kappa shape index (κ3) is 6.06. The standard InChI is InChI=1S/C30H37F2N5S/c1-30(32,38)23-12-8-11-22(19-23)25-14-15-26-29(34-25)37(18-7-6-17-36(26)2)28(21-9-4-3-5-10-21)35-27-16-13-24(31)20-33-27/h8,11-16,19-21,28,38H,3-7,9-10,17-18H2,1-2H3,(H,33,35). The molecule has 1 aromatic carbocycles. The molecule has 0 radical (unpaired) electrons. The third-order valence-electron chi connectivity index (χ3n) is 7.82. The Balaban J connectivity index is 1.59. The van der Waals surface area contributed by atoms with Gasteiger partial charge in [-0.15, -0.1) is 12.6 Å². The Morgan fingerprint density at radius 3 is 2.55 bits per heavy atom. The predicted octanol–water partition coefficient (Wildman–Crippen LogP) is 7.41. The van der Waals surface area contributed by atoms with Crippen LogP contribution in [0.25, 0.3) is 11.3 Å². The highest BCUT2D eigenvalue weighted by molar-refractivity contribution is 7.81. The number of hydrogen-bond donors (Lipinski definition) is 2. The van der Waals surface area contributed by atoms with E-state index in [4.69, 9.17) is 4.98 Å². The molecule has 0 amide bonds. The third-order valence-corrected chi connectivity index (χ3v) is 8.08. The van der Waals surface area contributed by atoms with Gasteiger partial charge in [0, 0.05) is 25.7 Å². The molecule has 2 aromatic heterocycles. The number of thiol groups is 1. The normalized spacial score (nSPS) is 19.2. The SMILES string of the molecule is CN1CCCCN(C(Nc2ccc(F)cn2)C2CCCCC2)c2nc(-c3cccc(C(C)(F)S)c3)ccc21. The minimum atomic E-state index is -1.73. The number of rotatable bonds is 6. The average molecular weight is 538 g/mol. The van der Waals surface area contributed by atoms with E-state index < -0.39 is 5.00 Å². The first-order chi connectivity index (χ1) is 18.3. The van der Waals surface area contributed by atoms with Crippen LogP contribution in [0.15, 0.2) is 54.7 Å². The maximum absolute atomic E-state index is 14.6. The van der Waals surface area contributed by atoms with Crippen LogP contribution in [0.1, 0.15) is 57.4 Å². The van der Waals surface area contributed by atoms with Gasteiger partial charge in [0.1, 0.15) is 17.8 Å². The van der Waals surface area contributed by atoms with E-state index in [-0.39, 0.29) is 12.0 Å². The Labute approximate surface area is 230 Å². The summed E-state index contributed by atoms with van der Waals surface area (Å²) >= 11 is 4.13. The fourth-order valence-electron chi connectivity index (χ4n) is 5.71. The summed E-state index contributed by atoms with van der Waals surface area (Å²) in [6.07, 6.45) is 9.26. The molecule has 2 aliphatic rings. The van der Waals surface area contributed by atoms with Crippen LogP contribution in [0.3, 0.4) is 0 Å². The molecule has 5 rings (SSSR count). The van der Waals surface area contributed by atoms with E-state index in [0.717, 1.165) is 61.5 Å². The van der Waals surface area contributed by atoms with E-state index in [9.17, 15) is 8.78 Å². The molecule has 0 bridgehead atoms. The molecule has 3 heterocycles. The fourth-order valence-corrected chi connectivity index (χ4v) is 5.85. The Morgan fingerprint density at radius 2 is 1.82 bits per heavy atom. The summed E-state index contributed by atoms with van der Waals surface area (Å²) < 4.78 is 28.3. The Hall–Kier alpha value is -2.87. The van der Waals surface area contributed by atoms with Gasteiger partial charge in [-0.1, -0.05) is 37.5 Å². The zero-order valence-electron chi connectivity index (χ0n) is 22.2. The van der Waals surface area contributed by atoms with Gasteiger partial charge in [0.05, 0.1) is 17.6 Å². The maximum Gasteiger partial charge on any atom is 0.175 e. The lowest BCUT2D eigenvalue weighted by atomic mass is 9.86. The zero-order valence-corrected chi connectivity index (χ0v) is 23.1. The second-order valence-electron chi connectivity index (χ2n) is 10.7. The van der Waals surface area contributed by atoms with Crippen molar-refractivity contribution in [1.29, 1.82) is 0 Å². The van der Waals surface area contributed by atoms with Crippen LogP contribution >= 0.6 is 12.6 Å². The van der Waals surface area contributed by atoms with Crippen LogP contribution in [0.2, 0.25) is 0 Å². The molecule has 3 aromatic rings. The summed E-state index contributed by atoms with van der Waals surface area (Å²) in [4.78, 5) is 14.2. The number of halogens is 2. The average Bonchev–Trinajstić information content (AvgIpc) is 2.92. The molecule has 1 saturated carbocycles. The molecule has 38 heavy (non-hydrogen) atoms. The van der Waals surface area contributed by atoms with Crippen molar-refractivity contribution in [2.24, 2.45) is 5.92 Å². The van der Waals surface area contributed by atoms with E-state index in [1.54, 1.807) is 12.1 Å². The van der Waals surface area contributed by atoms with E-state index >= 15 is 0 Å². The minimum Gasteiger partial charge on any atom is -0.372 e. The van der Waals surface area contributed by atoms with Gasteiger partial charge in [-0.2, -0.15) is 0 Å². The van der Waals surface area contributed by atoms with E-state index in [0.29, 0.717) is 17.3 Å². The maximum atomic E-state index is 14.6. The molecule has 1 aliphatic heterocycles. The number of hydrogen-bond acceptors (Lipinski definition) is 6. The largest absolute Gasteiger partial charge is 0.372 e. The minimum absolute atomic E-state index is 0.0285. The van der Waals surface area contributed by atoms with Gasteiger partial charge < -0.3 is 15.1 Å². The lowest BCUT2D eigenvalue weighted by molar-refractivity contribution is 0.307. The second kappa shape index (κ2) is 11.5. The van der Waals surface area contributed by atoms with Gasteiger partial charge in [0.2, 0.25) is 0 Å². The number of nitrogens with zero attached hydrogens (tertiary/aromatic N) is 4. The quantitative estimate of drug-likeness (QED) is 0.321. The lowest BCUT2D eigenvalue weighted by Crippen LogP contribution is -2.49. The van der Waals surface area contributed by atoms with Crippen molar-refractivity contribution in [2.45, 2.75) is 63.0 Å². The number of pyridine rings is 2. The van der Waals surface area contributed by atoms with Crippen molar-refractivity contribution in [1.82, 2.24) is 9.97 Å². The molecule has 1 N–H and O–H groups in total. The molecule has 5 nitrogen and oxygen atoms in total. The van der Waals surface area contributed by atoms with E-state index in [1.165, 1.54) is 38.4 Å². The highest BCUT2D eigenvalue weighted by atomic mass is 32.1. The highest BCUT2D eigenvalue weighted by Crippen LogP contribution is 2.38. The second-order valence-corrected chi connectivity index (χ2v) is 11.6. The van der Waals surface area contributed by atoms with Crippen LogP contribution in [0.4, 0.5) is 26.1 Å². The summed E-state index contributed by atoms with van der Waals surface area (Å²) in [7, 11) is 2.12. The molecule has 1 aliphatic carbocycles. The van der Waals surface area contributed by atoms with Crippen molar-refractivity contribution >= 4 is 30.0 Å². The molecule has 0 spiro atoms. The summed E-state index contributed by atoms with van der Waals surface area (Å²) in [5.74, 6) is 1.65. The van der Waals surface area contributed by atoms with Crippen molar-refractivity contribution in [3.8, 4) is 11.3 Å². The Morgan fingerprint density at radius 1 is 1.03 bits per heavy atom. The first-order valence-electron chi connectivity index (χ1n) is 13.7.